The Labute approximate surface area is 248 Å². The van der Waals surface area contributed by atoms with Crippen molar-refractivity contribution in [1.29, 1.82) is 0 Å². The molecule has 1 aliphatic rings. The van der Waals surface area contributed by atoms with Crippen LogP contribution < -0.4 is 9.47 Å². The normalized spacial score (nSPS) is 15.3. The van der Waals surface area contributed by atoms with E-state index in [0.29, 0.717) is 13.1 Å². The molecule has 1 aromatic heterocycles. The van der Waals surface area contributed by atoms with E-state index in [4.69, 9.17) is 0 Å². The minimum absolute atomic E-state index is 0.210. The molecular weight excluding hydrogens is 601 g/mol. The fourth-order valence-corrected chi connectivity index (χ4v) is 8.28. The van der Waals surface area contributed by atoms with Crippen molar-refractivity contribution >= 4 is 76.1 Å². The number of aromatic nitrogens is 1. The summed E-state index contributed by atoms with van der Waals surface area (Å²) in [6, 6.07) is 20.2. The molecule has 0 aliphatic carbocycles. The molecule has 41 heavy (non-hydrogen) atoms. The van der Waals surface area contributed by atoms with Crippen LogP contribution in [0.25, 0.3) is 27.1 Å². The van der Waals surface area contributed by atoms with Gasteiger partial charge in [-0.1, -0.05) is 66.4 Å². The number of anilines is 1. The van der Waals surface area contributed by atoms with Crippen LogP contribution in [0, 0.1) is 0 Å². The van der Waals surface area contributed by atoms with Gasteiger partial charge in [0.05, 0.1) is 32.0 Å². The Hall–Kier alpha value is -2.74. The average molecular weight is 631 g/mol. The first-order valence-corrected chi connectivity index (χ1v) is 18.0. The Morgan fingerprint density at radius 1 is 1.00 bits per heavy atom. The first kappa shape index (κ1) is 29.7. The molecule has 1 aliphatic heterocycles. The quantitative estimate of drug-likeness (QED) is 0.163. The molecule has 0 unspecified atom stereocenters. The minimum atomic E-state index is -4.33. The third-order valence-corrected chi connectivity index (χ3v) is 10.6. The summed E-state index contributed by atoms with van der Waals surface area (Å²) in [7, 11) is -8.38. The molecule has 216 valence electrons. The van der Waals surface area contributed by atoms with Crippen molar-refractivity contribution in [2.75, 3.05) is 23.0 Å². The fraction of sp³-hybridized carbons (Fsp3) is 0.276. The van der Waals surface area contributed by atoms with Crippen molar-refractivity contribution in [3.8, 4) is 0 Å². The first-order chi connectivity index (χ1) is 19.5. The van der Waals surface area contributed by atoms with Crippen LogP contribution >= 0.6 is 23.1 Å². The largest absolute Gasteiger partial charge is 0.748 e. The number of fused-ring (bicyclic) bond motifs is 4. The smallest absolute Gasteiger partial charge is 0.264 e. The molecule has 1 N–H and O–H groups in total. The Morgan fingerprint density at radius 3 is 2.51 bits per heavy atom. The Bertz CT molecular complexity index is 1880. The van der Waals surface area contributed by atoms with Crippen LogP contribution in [-0.2, 0) is 26.8 Å². The van der Waals surface area contributed by atoms with Crippen LogP contribution in [0.15, 0.2) is 82.2 Å². The van der Waals surface area contributed by atoms with Crippen LogP contribution in [-0.4, -0.2) is 44.0 Å². The van der Waals surface area contributed by atoms with Crippen LogP contribution in [0.3, 0.4) is 0 Å². The van der Waals surface area contributed by atoms with Crippen molar-refractivity contribution in [2.24, 2.45) is 0 Å². The maximum Gasteiger partial charge on any atom is 0.264 e. The molecule has 2 heterocycles. The molecule has 0 amide bonds. The predicted molar refractivity (Wildman–Crippen MR) is 166 cm³/mol. The second-order valence-electron chi connectivity index (χ2n) is 9.76. The number of rotatable bonds is 11. The van der Waals surface area contributed by atoms with E-state index in [-0.39, 0.29) is 18.6 Å². The summed E-state index contributed by atoms with van der Waals surface area (Å²) in [5.41, 5.74) is 3.05. The second-order valence-corrected chi connectivity index (χ2v) is 15.0. The summed E-state index contributed by atoms with van der Waals surface area (Å²) >= 11 is 3.23. The van der Waals surface area contributed by atoms with Gasteiger partial charge in [0.1, 0.15) is 4.70 Å². The summed E-state index contributed by atoms with van der Waals surface area (Å²) in [5, 5.41) is 4.06. The van der Waals surface area contributed by atoms with Gasteiger partial charge in [-0.2, -0.15) is 13.0 Å². The highest BCUT2D eigenvalue weighted by molar-refractivity contribution is 8.03. The average Bonchev–Trinajstić information content (AvgIpc) is 3.44. The monoisotopic (exact) mass is 630 g/mol. The summed E-state index contributed by atoms with van der Waals surface area (Å²) in [5.74, 6) is -0.738. The fourth-order valence-electron chi connectivity index (χ4n) is 4.96. The molecule has 0 atom stereocenters. The maximum absolute atomic E-state index is 11.4. The number of benzene rings is 3. The van der Waals surface area contributed by atoms with Crippen molar-refractivity contribution in [1.82, 2.24) is 0 Å². The number of thioether (sulfide) groups is 1. The number of aryl methyl sites for hydroxylation is 1. The van der Waals surface area contributed by atoms with E-state index in [1.54, 1.807) is 23.1 Å². The molecule has 0 fully saturated rings. The topological polar surface area (TPSA) is 119 Å². The van der Waals surface area contributed by atoms with Crippen LogP contribution in [0.5, 0.6) is 0 Å². The number of para-hydroxylation sites is 1. The zero-order chi connectivity index (χ0) is 29.2. The van der Waals surface area contributed by atoms with Gasteiger partial charge in [0.25, 0.3) is 15.1 Å². The maximum atomic E-state index is 11.4. The van der Waals surface area contributed by atoms with Gasteiger partial charge in [0, 0.05) is 29.7 Å². The molecule has 8 nitrogen and oxygen atoms in total. The number of hydrogen-bond donors (Lipinski definition) is 1. The van der Waals surface area contributed by atoms with Gasteiger partial charge in [-0.25, -0.2) is 8.42 Å². The van der Waals surface area contributed by atoms with Gasteiger partial charge in [-0.3, -0.25) is 4.55 Å². The number of nitrogens with zero attached hydrogens (tertiary/aromatic N) is 2. The van der Waals surface area contributed by atoms with E-state index in [1.807, 2.05) is 42.5 Å². The Kier molecular flexibility index (Phi) is 8.88. The zero-order valence-electron chi connectivity index (χ0n) is 22.4. The predicted octanol–water partition coefficient (Wildman–Crippen LogP) is 5.80. The molecule has 5 rings (SSSR count). The summed E-state index contributed by atoms with van der Waals surface area (Å²) in [4.78, 5) is 3.16. The lowest BCUT2D eigenvalue weighted by atomic mass is 10.1. The number of thiazole rings is 1. The van der Waals surface area contributed by atoms with Crippen molar-refractivity contribution in [3.05, 3.63) is 82.3 Å². The SMILES string of the molecule is CCC(/C=C1\Sc2ccccc2N1CCCS(=O)(=O)O)=C\c1sc2ccc3ccccc3c2[n+]1CCCS(=O)(=O)[O-]. The van der Waals surface area contributed by atoms with Gasteiger partial charge >= 0.3 is 0 Å². The van der Waals surface area contributed by atoms with E-state index in [2.05, 4.69) is 46.7 Å². The van der Waals surface area contributed by atoms with Crippen LogP contribution in [0.4, 0.5) is 5.69 Å². The molecule has 12 heteroatoms. The molecule has 0 saturated carbocycles. The molecule has 0 bridgehead atoms. The highest BCUT2D eigenvalue weighted by Gasteiger charge is 2.26. The molecule has 4 aromatic rings. The Morgan fingerprint density at radius 2 is 1.76 bits per heavy atom. The van der Waals surface area contributed by atoms with E-state index < -0.39 is 26.0 Å². The molecule has 0 radical (unpaired) electrons. The lowest BCUT2D eigenvalue weighted by Gasteiger charge is -2.20. The van der Waals surface area contributed by atoms with Gasteiger partial charge in [-0.05, 0) is 54.1 Å². The lowest BCUT2D eigenvalue weighted by Crippen LogP contribution is -2.36. The van der Waals surface area contributed by atoms with E-state index in [9.17, 15) is 25.9 Å². The zero-order valence-corrected chi connectivity index (χ0v) is 25.7. The summed E-state index contributed by atoms with van der Waals surface area (Å²) in [6.45, 7) is 2.89. The van der Waals surface area contributed by atoms with E-state index >= 15 is 0 Å². The summed E-state index contributed by atoms with van der Waals surface area (Å²) in [6.07, 6.45) is 5.43. The molecular formula is C29H30N2O6S4. The summed E-state index contributed by atoms with van der Waals surface area (Å²) < 4.78 is 69.1. The number of hydrogen-bond acceptors (Lipinski definition) is 8. The molecule has 0 saturated heterocycles. The molecule has 3 aromatic carbocycles. The highest BCUT2D eigenvalue weighted by Crippen LogP contribution is 2.46. The standard InChI is InChI=1S/C29H30N2O6S4/c1-2-21(19-27-30(15-7-17-40(32,33)34)24-11-5-6-12-25(24)38-27)20-28-31(16-8-18-41(35,36)37)29-23-10-4-3-9-22(23)13-14-26(29)39-28/h3-6,9-14,19-20H,2,7-8,15-18H2,1H3,(H-,32,33,34,35,36,37). The third kappa shape index (κ3) is 7.19. The van der Waals surface area contributed by atoms with Crippen molar-refractivity contribution in [3.63, 3.8) is 0 Å². The first-order valence-electron chi connectivity index (χ1n) is 13.2. The molecule has 0 spiro atoms. The van der Waals surface area contributed by atoms with Gasteiger partial charge in [0.15, 0.2) is 6.54 Å². The van der Waals surface area contributed by atoms with Crippen molar-refractivity contribution in [2.45, 2.75) is 37.6 Å². The third-order valence-electron chi connectivity index (χ3n) is 6.84. The van der Waals surface area contributed by atoms with Crippen LogP contribution in [0.1, 0.15) is 31.2 Å². The van der Waals surface area contributed by atoms with E-state index in [1.165, 1.54) is 0 Å². The Balaban J connectivity index is 1.55. The van der Waals surface area contributed by atoms with Gasteiger partial charge in [-0.15, -0.1) is 0 Å². The second kappa shape index (κ2) is 12.2. The van der Waals surface area contributed by atoms with Crippen molar-refractivity contribution < 1.29 is 30.5 Å². The van der Waals surface area contributed by atoms with Gasteiger partial charge in [0.2, 0.25) is 5.52 Å². The lowest BCUT2D eigenvalue weighted by molar-refractivity contribution is -0.667. The van der Waals surface area contributed by atoms with Crippen LogP contribution in [0.2, 0.25) is 0 Å². The van der Waals surface area contributed by atoms with E-state index in [0.717, 1.165) is 53.6 Å². The van der Waals surface area contributed by atoms with Gasteiger partial charge < -0.3 is 9.45 Å². The minimum Gasteiger partial charge on any atom is -0.748 e. The number of allylic oxidation sites excluding steroid dienone is 2. The highest BCUT2D eigenvalue weighted by atomic mass is 32.2.